The van der Waals surface area contributed by atoms with Gasteiger partial charge in [-0.1, -0.05) is 0 Å². The van der Waals surface area contributed by atoms with Gasteiger partial charge in [-0.3, -0.25) is 10.3 Å². The molecule has 1 heterocycles. The predicted molar refractivity (Wildman–Crippen MR) is 53.5 cm³/mol. The first-order chi connectivity index (χ1) is 6.86. The molecule has 0 aliphatic carbocycles. The number of aromatic nitrogens is 2. The highest BCUT2D eigenvalue weighted by Gasteiger charge is 2.11. The molecule has 0 aliphatic heterocycles. The maximum absolute atomic E-state index is 10.6. The molecular formula is C7H6N4O2S. The Hall–Kier alpha value is -1.60. The fourth-order valence-corrected chi connectivity index (χ4v) is 1.66. The molecule has 0 amide bonds. The van der Waals surface area contributed by atoms with Crippen molar-refractivity contribution in [3.8, 4) is 0 Å². The fraction of sp³-hybridized carbons (Fsp3) is 0.143. The normalized spacial score (nSPS) is 10.4. The summed E-state index contributed by atoms with van der Waals surface area (Å²) in [5.74, 6) is 0. The number of nitroso groups, excluding NO2 is 1. The van der Waals surface area contributed by atoms with Crippen LogP contribution < -0.4 is 5.48 Å². The van der Waals surface area contributed by atoms with Gasteiger partial charge in [-0.05, 0) is 17.3 Å². The van der Waals surface area contributed by atoms with E-state index in [0.29, 0.717) is 16.7 Å². The predicted octanol–water partition coefficient (Wildman–Crippen LogP) is 2.06. The third kappa shape index (κ3) is 1.32. The van der Waals surface area contributed by atoms with E-state index in [1.54, 1.807) is 12.1 Å². The fourth-order valence-electron chi connectivity index (χ4n) is 1.12. The van der Waals surface area contributed by atoms with Crippen molar-refractivity contribution in [2.45, 2.75) is 0 Å². The molecule has 0 aliphatic rings. The lowest BCUT2D eigenvalue weighted by Crippen LogP contribution is -1.95. The maximum atomic E-state index is 10.6. The Morgan fingerprint density at radius 1 is 1.50 bits per heavy atom. The Balaban J connectivity index is 2.66. The summed E-state index contributed by atoms with van der Waals surface area (Å²) in [6, 6.07) is 3.42. The van der Waals surface area contributed by atoms with Crippen LogP contribution in [0.25, 0.3) is 11.0 Å². The van der Waals surface area contributed by atoms with Crippen molar-refractivity contribution in [3.05, 3.63) is 17.0 Å². The Kier molecular flexibility index (Phi) is 2.33. The van der Waals surface area contributed by atoms with Crippen LogP contribution in [0.15, 0.2) is 17.3 Å². The third-order valence-electron chi connectivity index (χ3n) is 1.70. The molecule has 2 aromatic rings. The smallest absolute Gasteiger partial charge is 0.162 e. The van der Waals surface area contributed by atoms with Crippen molar-refractivity contribution >= 4 is 34.1 Å². The quantitative estimate of drug-likeness (QED) is 0.619. The molecule has 2 rings (SSSR count). The molecule has 0 unspecified atom stereocenters. The zero-order valence-electron chi connectivity index (χ0n) is 7.22. The molecule has 1 N–H and O–H groups in total. The molecule has 14 heavy (non-hydrogen) atoms. The first-order valence-corrected chi connectivity index (χ1v) is 4.47. The zero-order valence-corrected chi connectivity index (χ0v) is 8.04. The number of hydrogen-bond donors (Lipinski definition) is 1. The lowest BCUT2D eigenvalue weighted by molar-refractivity contribution is 0.271. The Morgan fingerprint density at radius 3 is 3.07 bits per heavy atom. The van der Waals surface area contributed by atoms with Gasteiger partial charge in [0.1, 0.15) is 11.0 Å². The molecule has 0 radical (unpaired) electrons. The van der Waals surface area contributed by atoms with Crippen LogP contribution in [0.2, 0.25) is 0 Å². The molecule has 0 fully saturated rings. The van der Waals surface area contributed by atoms with Gasteiger partial charge in [0.2, 0.25) is 0 Å². The summed E-state index contributed by atoms with van der Waals surface area (Å²) in [5.41, 5.74) is 4.41. The molecule has 1 aromatic carbocycles. The van der Waals surface area contributed by atoms with Crippen LogP contribution in [0.4, 0.5) is 11.4 Å². The van der Waals surface area contributed by atoms with E-state index in [4.69, 9.17) is 4.84 Å². The first-order valence-electron chi connectivity index (χ1n) is 3.74. The number of fused-ring (bicyclic) bond motifs is 1. The average molecular weight is 210 g/mol. The largest absolute Gasteiger partial charge is 0.279 e. The van der Waals surface area contributed by atoms with Crippen LogP contribution in [-0.2, 0) is 4.84 Å². The summed E-state index contributed by atoms with van der Waals surface area (Å²) in [6.07, 6.45) is 0. The highest BCUT2D eigenvalue weighted by molar-refractivity contribution is 7.00. The monoisotopic (exact) mass is 210 g/mol. The molecule has 0 atom stereocenters. The van der Waals surface area contributed by atoms with E-state index < -0.39 is 0 Å². The lowest BCUT2D eigenvalue weighted by atomic mass is 10.2. The van der Waals surface area contributed by atoms with Crippen LogP contribution in [0.3, 0.4) is 0 Å². The van der Waals surface area contributed by atoms with Gasteiger partial charge in [-0.2, -0.15) is 8.75 Å². The minimum absolute atomic E-state index is 0.220. The second-order valence-electron chi connectivity index (χ2n) is 2.49. The van der Waals surface area contributed by atoms with Gasteiger partial charge in [0.15, 0.2) is 5.69 Å². The van der Waals surface area contributed by atoms with Gasteiger partial charge in [0.05, 0.1) is 24.5 Å². The first kappa shape index (κ1) is 8.97. The van der Waals surface area contributed by atoms with E-state index >= 15 is 0 Å². The van der Waals surface area contributed by atoms with E-state index in [0.717, 1.165) is 11.7 Å². The zero-order chi connectivity index (χ0) is 9.97. The van der Waals surface area contributed by atoms with E-state index in [2.05, 4.69) is 19.4 Å². The topological polar surface area (TPSA) is 76.5 Å². The maximum Gasteiger partial charge on any atom is 0.162 e. The Labute approximate surface area is 83.2 Å². The van der Waals surface area contributed by atoms with E-state index in [1.807, 2.05) is 0 Å². The molecule has 0 saturated heterocycles. The van der Waals surface area contributed by atoms with Gasteiger partial charge in [-0.15, -0.1) is 4.91 Å². The summed E-state index contributed by atoms with van der Waals surface area (Å²) in [4.78, 5) is 15.3. The molecule has 1 aromatic heterocycles. The van der Waals surface area contributed by atoms with Crippen LogP contribution in [0.5, 0.6) is 0 Å². The lowest BCUT2D eigenvalue weighted by Gasteiger charge is -2.03. The standard InChI is InChI=1S/C7H6N4O2S/c1-13-9-4-2-3-5-7(6(4)8-12)11-14-10-5/h2-3,9H,1H3. The SMILES string of the molecule is CONc1ccc2nsnc2c1N=O. The van der Waals surface area contributed by atoms with Crippen molar-refractivity contribution in [2.24, 2.45) is 5.18 Å². The molecule has 0 saturated carbocycles. The summed E-state index contributed by atoms with van der Waals surface area (Å²) in [7, 11) is 1.46. The number of nitrogens with zero attached hydrogens (tertiary/aromatic N) is 3. The minimum atomic E-state index is 0.220. The second kappa shape index (κ2) is 3.64. The summed E-state index contributed by atoms with van der Waals surface area (Å²) >= 11 is 1.04. The van der Waals surface area contributed by atoms with Crippen LogP contribution in [0.1, 0.15) is 0 Å². The third-order valence-corrected chi connectivity index (χ3v) is 2.25. The summed E-state index contributed by atoms with van der Waals surface area (Å²) < 4.78 is 7.97. The van der Waals surface area contributed by atoms with E-state index in [1.165, 1.54) is 7.11 Å². The molecule has 0 spiro atoms. The summed E-state index contributed by atoms with van der Waals surface area (Å²) in [5, 5.41) is 2.90. The summed E-state index contributed by atoms with van der Waals surface area (Å²) in [6.45, 7) is 0. The van der Waals surface area contributed by atoms with Crippen molar-refractivity contribution in [2.75, 3.05) is 12.6 Å². The van der Waals surface area contributed by atoms with Crippen LogP contribution in [0, 0.1) is 4.91 Å². The average Bonchev–Trinajstić information content (AvgIpc) is 2.66. The number of anilines is 1. The Bertz CT molecular complexity index is 470. The highest BCUT2D eigenvalue weighted by Crippen LogP contribution is 2.32. The number of nitrogens with one attached hydrogen (secondary N) is 1. The second-order valence-corrected chi connectivity index (χ2v) is 3.02. The van der Waals surface area contributed by atoms with Gasteiger partial charge < -0.3 is 0 Å². The molecular weight excluding hydrogens is 204 g/mol. The molecule has 72 valence electrons. The van der Waals surface area contributed by atoms with Crippen LogP contribution >= 0.6 is 11.7 Å². The van der Waals surface area contributed by atoms with E-state index in [-0.39, 0.29) is 5.69 Å². The van der Waals surface area contributed by atoms with Crippen LogP contribution in [-0.4, -0.2) is 15.9 Å². The van der Waals surface area contributed by atoms with Gasteiger partial charge in [0, 0.05) is 0 Å². The molecule has 6 nitrogen and oxygen atoms in total. The number of benzene rings is 1. The molecule has 7 heteroatoms. The van der Waals surface area contributed by atoms with Crippen molar-refractivity contribution in [3.63, 3.8) is 0 Å². The van der Waals surface area contributed by atoms with Gasteiger partial charge >= 0.3 is 0 Å². The van der Waals surface area contributed by atoms with Crippen molar-refractivity contribution < 1.29 is 4.84 Å². The highest BCUT2D eigenvalue weighted by atomic mass is 32.1. The molecule has 0 bridgehead atoms. The van der Waals surface area contributed by atoms with E-state index in [9.17, 15) is 4.91 Å². The van der Waals surface area contributed by atoms with Crippen molar-refractivity contribution in [1.82, 2.24) is 8.75 Å². The van der Waals surface area contributed by atoms with Gasteiger partial charge in [0.25, 0.3) is 0 Å². The van der Waals surface area contributed by atoms with Gasteiger partial charge in [-0.25, -0.2) is 0 Å². The minimum Gasteiger partial charge on any atom is -0.279 e. The number of rotatable bonds is 3. The Morgan fingerprint density at radius 2 is 2.36 bits per heavy atom. The number of hydrogen-bond acceptors (Lipinski definition) is 7. The van der Waals surface area contributed by atoms with Crippen molar-refractivity contribution in [1.29, 1.82) is 0 Å².